The van der Waals surface area contributed by atoms with Crippen LogP contribution in [0.15, 0.2) is 22.8 Å². The zero-order chi connectivity index (χ0) is 10.3. The first-order valence-corrected chi connectivity index (χ1v) is 4.23. The molecule has 0 saturated heterocycles. The van der Waals surface area contributed by atoms with Crippen molar-refractivity contribution in [2.75, 3.05) is 0 Å². The van der Waals surface area contributed by atoms with Gasteiger partial charge < -0.3 is 4.42 Å². The standard InChI is InChI=1S/C10H9NO3/c1-6-5-9(11(12)13)7(2)10-8(6)3-4-14-10/h3-5H,1-2H3. The number of rotatable bonds is 1. The predicted molar refractivity (Wildman–Crippen MR) is 52.3 cm³/mol. The van der Waals surface area contributed by atoms with Crippen LogP contribution in [0.25, 0.3) is 11.0 Å². The van der Waals surface area contributed by atoms with Gasteiger partial charge in [0.15, 0.2) is 0 Å². The fraction of sp³-hybridized carbons (Fsp3) is 0.200. The Kier molecular flexibility index (Phi) is 1.77. The lowest BCUT2D eigenvalue weighted by atomic mass is 10.1. The average Bonchev–Trinajstić information content (AvgIpc) is 2.59. The Hall–Kier alpha value is -1.84. The number of furan rings is 1. The highest BCUT2D eigenvalue weighted by Crippen LogP contribution is 2.30. The number of nitro groups is 1. The Morgan fingerprint density at radius 3 is 2.79 bits per heavy atom. The maximum absolute atomic E-state index is 10.7. The Balaban J connectivity index is 2.88. The van der Waals surface area contributed by atoms with Crippen LogP contribution < -0.4 is 0 Å². The van der Waals surface area contributed by atoms with E-state index in [1.165, 1.54) is 0 Å². The Bertz CT molecular complexity index is 513. The van der Waals surface area contributed by atoms with Crippen LogP contribution in [0.4, 0.5) is 5.69 Å². The van der Waals surface area contributed by atoms with E-state index in [1.807, 2.05) is 13.0 Å². The van der Waals surface area contributed by atoms with Gasteiger partial charge in [-0.15, -0.1) is 0 Å². The topological polar surface area (TPSA) is 56.3 Å². The third-order valence-corrected chi connectivity index (χ3v) is 2.36. The molecule has 0 atom stereocenters. The molecule has 4 heteroatoms. The number of hydrogen-bond acceptors (Lipinski definition) is 3. The van der Waals surface area contributed by atoms with Crippen molar-refractivity contribution in [1.82, 2.24) is 0 Å². The van der Waals surface area contributed by atoms with Crippen molar-refractivity contribution in [2.24, 2.45) is 0 Å². The van der Waals surface area contributed by atoms with Crippen molar-refractivity contribution in [1.29, 1.82) is 0 Å². The van der Waals surface area contributed by atoms with Crippen LogP contribution in [-0.4, -0.2) is 4.92 Å². The van der Waals surface area contributed by atoms with Gasteiger partial charge in [0.05, 0.1) is 16.7 Å². The van der Waals surface area contributed by atoms with Crippen molar-refractivity contribution in [3.63, 3.8) is 0 Å². The SMILES string of the molecule is Cc1cc([N+](=O)[O-])c(C)c2occc12. The molecule has 0 N–H and O–H groups in total. The first kappa shape index (κ1) is 8.74. The minimum absolute atomic E-state index is 0.116. The number of nitro benzene ring substituents is 1. The molecule has 14 heavy (non-hydrogen) atoms. The van der Waals surface area contributed by atoms with E-state index in [-0.39, 0.29) is 10.6 Å². The zero-order valence-electron chi connectivity index (χ0n) is 7.90. The summed E-state index contributed by atoms with van der Waals surface area (Å²) < 4.78 is 5.22. The van der Waals surface area contributed by atoms with E-state index in [1.54, 1.807) is 19.3 Å². The summed E-state index contributed by atoms with van der Waals surface area (Å²) in [7, 11) is 0. The minimum Gasteiger partial charge on any atom is -0.464 e. The molecule has 1 aromatic carbocycles. The average molecular weight is 191 g/mol. The lowest BCUT2D eigenvalue weighted by Crippen LogP contribution is -1.92. The van der Waals surface area contributed by atoms with Gasteiger partial charge in [0.25, 0.3) is 5.69 Å². The van der Waals surface area contributed by atoms with E-state index in [9.17, 15) is 10.1 Å². The van der Waals surface area contributed by atoms with Gasteiger partial charge in [-0.3, -0.25) is 10.1 Å². The predicted octanol–water partition coefficient (Wildman–Crippen LogP) is 2.96. The number of benzene rings is 1. The highest BCUT2D eigenvalue weighted by atomic mass is 16.6. The highest BCUT2D eigenvalue weighted by Gasteiger charge is 2.16. The smallest absolute Gasteiger partial charge is 0.276 e. The lowest BCUT2D eigenvalue weighted by Gasteiger charge is -2.00. The van der Waals surface area contributed by atoms with E-state index >= 15 is 0 Å². The lowest BCUT2D eigenvalue weighted by molar-refractivity contribution is -0.385. The Morgan fingerprint density at radius 1 is 1.43 bits per heavy atom. The highest BCUT2D eigenvalue weighted by molar-refractivity contribution is 5.86. The van der Waals surface area contributed by atoms with Gasteiger partial charge in [0.2, 0.25) is 0 Å². The molecule has 0 aliphatic carbocycles. The Morgan fingerprint density at radius 2 is 2.14 bits per heavy atom. The van der Waals surface area contributed by atoms with Crippen LogP contribution in [0.1, 0.15) is 11.1 Å². The monoisotopic (exact) mass is 191 g/mol. The van der Waals surface area contributed by atoms with Gasteiger partial charge >= 0.3 is 0 Å². The van der Waals surface area contributed by atoms with Crippen LogP contribution in [0.5, 0.6) is 0 Å². The summed E-state index contributed by atoms with van der Waals surface area (Å²) in [5.41, 5.74) is 2.17. The van der Waals surface area contributed by atoms with Crippen LogP contribution in [0.2, 0.25) is 0 Å². The molecular weight excluding hydrogens is 182 g/mol. The molecule has 0 fully saturated rings. The quantitative estimate of drug-likeness (QED) is 0.514. The van der Waals surface area contributed by atoms with Gasteiger partial charge in [-0.25, -0.2) is 0 Å². The fourth-order valence-corrected chi connectivity index (χ4v) is 1.61. The molecule has 0 radical (unpaired) electrons. The molecular formula is C10H9NO3. The third kappa shape index (κ3) is 1.08. The molecule has 2 aromatic rings. The molecule has 1 heterocycles. The molecule has 0 saturated carbocycles. The van der Waals surface area contributed by atoms with Gasteiger partial charge in [0.1, 0.15) is 5.58 Å². The summed E-state index contributed by atoms with van der Waals surface area (Å²) in [4.78, 5) is 10.3. The number of nitrogens with zero attached hydrogens (tertiary/aromatic N) is 1. The zero-order valence-corrected chi connectivity index (χ0v) is 7.90. The molecule has 1 aromatic heterocycles. The first-order valence-electron chi connectivity index (χ1n) is 4.23. The van der Waals surface area contributed by atoms with Crippen LogP contribution >= 0.6 is 0 Å². The molecule has 72 valence electrons. The third-order valence-electron chi connectivity index (χ3n) is 2.36. The van der Waals surface area contributed by atoms with Crippen molar-refractivity contribution < 1.29 is 9.34 Å². The summed E-state index contributed by atoms with van der Waals surface area (Å²) in [6, 6.07) is 3.40. The summed E-state index contributed by atoms with van der Waals surface area (Å²) >= 11 is 0. The maximum Gasteiger partial charge on any atom is 0.276 e. The minimum atomic E-state index is -0.385. The van der Waals surface area contributed by atoms with E-state index in [0.717, 1.165) is 10.9 Å². The number of aryl methyl sites for hydroxylation is 2. The van der Waals surface area contributed by atoms with Gasteiger partial charge in [0, 0.05) is 11.5 Å². The second-order valence-corrected chi connectivity index (χ2v) is 3.26. The van der Waals surface area contributed by atoms with E-state index in [2.05, 4.69) is 0 Å². The second kappa shape index (κ2) is 2.83. The molecule has 0 aliphatic heterocycles. The fourth-order valence-electron chi connectivity index (χ4n) is 1.61. The maximum atomic E-state index is 10.7. The summed E-state index contributed by atoms with van der Waals surface area (Å²) in [5.74, 6) is 0. The molecule has 0 bridgehead atoms. The van der Waals surface area contributed by atoms with E-state index in [4.69, 9.17) is 4.42 Å². The van der Waals surface area contributed by atoms with Crippen LogP contribution in [0, 0.1) is 24.0 Å². The van der Waals surface area contributed by atoms with Crippen LogP contribution in [-0.2, 0) is 0 Å². The number of hydrogen-bond donors (Lipinski definition) is 0. The van der Waals surface area contributed by atoms with Crippen molar-refractivity contribution >= 4 is 16.7 Å². The molecule has 0 amide bonds. The van der Waals surface area contributed by atoms with E-state index < -0.39 is 0 Å². The Labute approximate surface area is 80.3 Å². The summed E-state index contributed by atoms with van der Waals surface area (Å²) in [6.45, 7) is 3.54. The van der Waals surface area contributed by atoms with Crippen molar-refractivity contribution in [3.8, 4) is 0 Å². The summed E-state index contributed by atoms with van der Waals surface area (Å²) in [6.07, 6.45) is 1.55. The second-order valence-electron chi connectivity index (χ2n) is 3.26. The van der Waals surface area contributed by atoms with Gasteiger partial charge in [-0.1, -0.05) is 0 Å². The molecule has 0 spiro atoms. The van der Waals surface area contributed by atoms with Gasteiger partial charge in [-0.2, -0.15) is 0 Å². The molecule has 2 rings (SSSR count). The van der Waals surface area contributed by atoms with Crippen molar-refractivity contribution in [2.45, 2.75) is 13.8 Å². The largest absolute Gasteiger partial charge is 0.464 e. The van der Waals surface area contributed by atoms with E-state index in [0.29, 0.717) is 11.1 Å². The molecule has 0 unspecified atom stereocenters. The number of fused-ring (bicyclic) bond motifs is 1. The normalized spacial score (nSPS) is 10.7. The van der Waals surface area contributed by atoms with Gasteiger partial charge in [-0.05, 0) is 25.5 Å². The van der Waals surface area contributed by atoms with Crippen molar-refractivity contribution in [3.05, 3.63) is 39.6 Å². The molecule has 0 aliphatic rings. The van der Waals surface area contributed by atoms with Crippen LogP contribution in [0.3, 0.4) is 0 Å². The molecule has 4 nitrogen and oxygen atoms in total. The first-order chi connectivity index (χ1) is 6.61. The summed E-state index contributed by atoms with van der Waals surface area (Å²) in [5, 5.41) is 11.6.